The third-order valence-corrected chi connectivity index (χ3v) is 3.88. The molecule has 0 saturated heterocycles. The Balaban J connectivity index is 2.49. The summed E-state index contributed by atoms with van der Waals surface area (Å²) < 4.78 is 10.6. The van der Waals surface area contributed by atoms with E-state index in [-0.39, 0.29) is 0 Å². The Morgan fingerprint density at radius 2 is 0.955 bits per heavy atom. The van der Waals surface area contributed by atoms with Crippen molar-refractivity contribution < 1.29 is 9.47 Å². The lowest BCUT2D eigenvalue weighted by atomic mass is 9.95. The molecule has 22 heavy (non-hydrogen) atoms. The summed E-state index contributed by atoms with van der Waals surface area (Å²) >= 11 is 0. The molecule has 0 amide bonds. The first-order valence-electron chi connectivity index (χ1n) is 7.94. The SMILES string of the molecule is CCc1cc(CC)cc(-c2cc(COC)cc(COC)c2)c1. The van der Waals surface area contributed by atoms with Crippen molar-refractivity contribution in [3.05, 3.63) is 58.7 Å². The lowest BCUT2D eigenvalue weighted by molar-refractivity contribution is 0.180. The average Bonchev–Trinajstić information content (AvgIpc) is 2.54. The molecule has 0 spiro atoms. The topological polar surface area (TPSA) is 18.5 Å². The van der Waals surface area contributed by atoms with Crippen molar-refractivity contribution in [2.24, 2.45) is 0 Å². The zero-order chi connectivity index (χ0) is 15.9. The van der Waals surface area contributed by atoms with Gasteiger partial charge >= 0.3 is 0 Å². The fraction of sp³-hybridized carbons (Fsp3) is 0.400. The van der Waals surface area contributed by atoms with Crippen LogP contribution < -0.4 is 0 Å². The zero-order valence-electron chi connectivity index (χ0n) is 14.1. The molecule has 2 rings (SSSR count). The minimum absolute atomic E-state index is 0.624. The van der Waals surface area contributed by atoms with Gasteiger partial charge in [-0.1, -0.05) is 38.1 Å². The minimum atomic E-state index is 0.624. The Kier molecular flexibility index (Phi) is 6.17. The first-order chi connectivity index (χ1) is 10.7. The Morgan fingerprint density at radius 3 is 1.32 bits per heavy atom. The summed E-state index contributed by atoms with van der Waals surface area (Å²) in [5.74, 6) is 0. The molecule has 0 saturated carbocycles. The second-order valence-corrected chi connectivity index (χ2v) is 5.65. The molecule has 0 unspecified atom stereocenters. The van der Waals surface area contributed by atoms with Crippen LogP contribution >= 0.6 is 0 Å². The maximum Gasteiger partial charge on any atom is 0.0713 e. The molecule has 0 aromatic heterocycles. The highest BCUT2D eigenvalue weighted by Gasteiger charge is 2.06. The van der Waals surface area contributed by atoms with E-state index in [1.807, 2.05) is 0 Å². The van der Waals surface area contributed by atoms with Crippen LogP contribution in [-0.4, -0.2) is 14.2 Å². The predicted molar refractivity (Wildman–Crippen MR) is 92.1 cm³/mol. The van der Waals surface area contributed by atoms with Gasteiger partial charge in [0.25, 0.3) is 0 Å². The van der Waals surface area contributed by atoms with Crippen molar-refractivity contribution >= 4 is 0 Å². The summed E-state index contributed by atoms with van der Waals surface area (Å²) in [4.78, 5) is 0. The van der Waals surface area contributed by atoms with Crippen LogP contribution in [0.4, 0.5) is 0 Å². The summed E-state index contributed by atoms with van der Waals surface area (Å²) in [6, 6.07) is 13.5. The monoisotopic (exact) mass is 298 g/mol. The van der Waals surface area contributed by atoms with E-state index in [4.69, 9.17) is 9.47 Å². The number of aryl methyl sites for hydroxylation is 2. The lowest BCUT2D eigenvalue weighted by Crippen LogP contribution is -1.95. The lowest BCUT2D eigenvalue weighted by Gasteiger charge is -2.12. The second-order valence-electron chi connectivity index (χ2n) is 5.65. The van der Waals surface area contributed by atoms with Gasteiger partial charge in [0, 0.05) is 14.2 Å². The number of benzene rings is 2. The van der Waals surface area contributed by atoms with Gasteiger partial charge in [0.1, 0.15) is 0 Å². The molecule has 0 aliphatic carbocycles. The molecule has 0 bridgehead atoms. The van der Waals surface area contributed by atoms with Gasteiger partial charge in [-0.2, -0.15) is 0 Å². The van der Waals surface area contributed by atoms with Gasteiger partial charge in [-0.05, 0) is 58.4 Å². The molecule has 2 nitrogen and oxygen atoms in total. The highest BCUT2D eigenvalue weighted by Crippen LogP contribution is 2.26. The first kappa shape index (κ1) is 16.7. The van der Waals surface area contributed by atoms with Crippen LogP contribution in [-0.2, 0) is 35.5 Å². The number of rotatable bonds is 7. The maximum atomic E-state index is 5.30. The van der Waals surface area contributed by atoms with Crippen LogP contribution in [0.15, 0.2) is 36.4 Å². The van der Waals surface area contributed by atoms with Crippen molar-refractivity contribution in [1.82, 2.24) is 0 Å². The van der Waals surface area contributed by atoms with Crippen molar-refractivity contribution in [3.8, 4) is 11.1 Å². The normalized spacial score (nSPS) is 10.9. The van der Waals surface area contributed by atoms with E-state index in [0.717, 1.165) is 12.8 Å². The van der Waals surface area contributed by atoms with Crippen molar-refractivity contribution in [2.75, 3.05) is 14.2 Å². The van der Waals surface area contributed by atoms with Crippen molar-refractivity contribution in [1.29, 1.82) is 0 Å². The quantitative estimate of drug-likeness (QED) is 0.733. The van der Waals surface area contributed by atoms with E-state index >= 15 is 0 Å². The van der Waals surface area contributed by atoms with E-state index in [9.17, 15) is 0 Å². The van der Waals surface area contributed by atoms with Crippen LogP contribution in [0, 0.1) is 0 Å². The molecular weight excluding hydrogens is 272 g/mol. The van der Waals surface area contributed by atoms with Crippen LogP contribution in [0.1, 0.15) is 36.1 Å². The highest BCUT2D eigenvalue weighted by atomic mass is 16.5. The summed E-state index contributed by atoms with van der Waals surface area (Å²) in [5.41, 5.74) is 7.68. The summed E-state index contributed by atoms with van der Waals surface area (Å²) in [7, 11) is 3.46. The molecule has 0 aliphatic rings. The van der Waals surface area contributed by atoms with Crippen molar-refractivity contribution in [2.45, 2.75) is 39.9 Å². The molecule has 0 aliphatic heterocycles. The van der Waals surface area contributed by atoms with E-state index in [1.54, 1.807) is 14.2 Å². The summed E-state index contributed by atoms with van der Waals surface area (Å²) in [6.45, 7) is 5.66. The van der Waals surface area contributed by atoms with Crippen LogP contribution in [0.2, 0.25) is 0 Å². The number of hydrogen-bond donors (Lipinski definition) is 0. The van der Waals surface area contributed by atoms with Gasteiger partial charge in [0.2, 0.25) is 0 Å². The van der Waals surface area contributed by atoms with Gasteiger partial charge in [0.05, 0.1) is 13.2 Å². The van der Waals surface area contributed by atoms with Crippen LogP contribution in [0.25, 0.3) is 11.1 Å². The fourth-order valence-corrected chi connectivity index (χ4v) is 2.77. The molecule has 0 atom stereocenters. The molecule has 0 radical (unpaired) electrons. The highest BCUT2D eigenvalue weighted by molar-refractivity contribution is 5.67. The van der Waals surface area contributed by atoms with Crippen LogP contribution in [0.3, 0.4) is 0 Å². The van der Waals surface area contributed by atoms with Crippen molar-refractivity contribution in [3.63, 3.8) is 0 Å². The fourth-order valence-electron chi connectivity index (χ4n) is 2.77. The predicted octanol–water partition coefficient (Wildman–Crippen LogP) is 4.77. The first-order valence-corrected chi connectivity index (χ1v) is 7.94. The average molecular weight is 298 g/mol. The Hall–Kier alpha value is -1.64. The van der Waals surface area contributed by atoms with Gasteiger partial charge in [-0.15, -0.1) is 0 Å². The van der Waals surface area contributed by atoms with Gasteiger partial charge in [-0.25, -0.2) is 0 Å². The van der Waals surface area contributed by atoms with Gasteiger partial charge in [0.15, 0.2) is 0 Å². The zero-order valence-corrected chi connectivity index (χ0v) is 14.1. The number of methoxy groups -OCH3 is 2. The minimum Gasteiger partial charge on any atom is -0.380 e. The number of hydrogen-bond acceptors (Lipinski definition) is 2. The molecular formula is C20H26O2. The Morgan fingerprint density at radius 1 is 0.591 bits per heavy atom. The molecule has 0 heterocycles. The second kappa shape index (κ2) is 8.11. The molecule has 2 aromatic carbocycles. The van der Waals surface area contributed by atoms with E-state index in [0.29, 0.717) is 13.2 Å². The molecule has 0 fully saturated rings. The summed E-state index contributed by atoms with van der Waals surface area (Å²) in [6.07, 6.45) is 2.12. The third-order valence-electron chi connectivity index (χ3n) is 3.88. The standard InChI is InChI=1S/C20H26O2/c1-5-15-7-16(6-2)10-19(9-15)20-11-17(13-21-3)8-18(12-20)14-22-4/h7-12H,5-6,13-14H2,1-4H3. The van der Waals surface area contributed by atoms with E-state index in [2.05, 4.69) is 50.2 Å². The van der Waals surface area contributed by atoms with E-state index < -0.39 is 0 Å². The Bertz CT molecular complexity index is 571. The van der Waals surface area contributed by atoms with Crippen LogP contribution in [0.5, 0.6) is 0 Å². The third kappa shape index (κ3) is 4.19. The van der Waals surface area contributed by atoms with Gasteiger partial charge < -0.3 is 9.47 Å². The molecule has 2 aromatic rings. The number of ether oxygens (including phenoxy) is 2. The maximum absolute atomic E-state index is 5.30. The Labute approximate surface area is 134 Å². The summed E-state index contributed by atoms with van der Waals surface area (Å²) in [5, 5.41) is 0. The molecule has 0 N–H and O–H groups in total. The van der Waals surface area contributed by atoms with E-state index in [1.165, 1.54) is 33.4 Å². The smallest absolute Gasteiger partial charge is 0.0713 e. The largest absolute Gasteiger partial charge is 0.380 e. The van der Waals surface area contributed by atoms with Gasteiger partial charge in [-0.3, -0.25) is 0 Å². The molecule has 2 heteroatoms. The molecule has 118 valence electrons.